The normalized spacial score (nSPS) is 16.8. The smallest absolute Gasteiger partial charge is 0.410 e. The van der Waals surface area contributed by atoms with Crippen molar-refractivity contribution in [2.24, 2.45) is 0 Å². The monoisotopic (exact) mass is 656 g/mol. The van der Waals surface area contributed by atoms with Crippen molar-refractivity contribution >= 4 is 45.0 Å². The molecule has 8 nitrogen and oxygen atoms in total. The summed E-state index contributed by atoms with van der Waals surface area (Å²) in [6.45, 7) is 5.62. The van der Waals surface area contributed by atoms with Gasteiger partial charge in [0.1, 0.15) is 34.2 Å². The van der Waals surface area contributed by atoms with Crippen LogP contribution in [-0.2, 0) is 11.3 Å². The molecule has 4 aromatic rings. The SMILES string of the molecule is COc1ccc(-c2cncnc2)cc1CN(C(=O)c1sc2c(F)ccc(F)c2c1Cl)[C@H]1CC[C@H](N(C)C(=O)OC(C)(C)C)CC1. The molecule has 45 heavy (non-hydrogen) atoms. The van der Waals surface area contributed by atoms with Crippen molar-refractivity contribution in [1.82, 2.24) is 19.8 Å². The summed E-state index contributed by atoms with van der Waals surface area (Å²) in [6, 6.07) is 7.36. The Morgan fingerprint density at radius 2 is 1.64 bits per heavy atom. The molecular formula is C33H35ClF2N4O4S. The number of fused-ring (bicyclic) bond motifs is 1. The lowest BCUT2D eigenvalue weighted by Crippen LogP contribution is -2.47. The molecule has 12 heteroatoms. The Balaban J connectivity index is 1.49. The van der Waals surface area contributed by atoms with Crippen LogP contribution in [-0.4, -0.2) is 63.6 Å². The summed E-state index contributed by atoms with van der Waals surface area (Å²) in [5.74, 6) is -1.19. The summed E-state index contributed by atoms with van der Waals surface area (Å²) < 4.78 is 40.7. The van der Waals surface area contributed by atoms with Crippen LogP contribution in [0.4, 0.5) is 13.6 Å². The Labute approximate surface area is 269 Å². The number of benzene rings is 2. The second-order valence-electron chi connectivity index (χ2n) is 12.1. The van der Waals surface area contributed by atoms with Crippen molar-refractivity contribution in [3.63, 3.8) is 0 Å². The van der Waals surface area contributed by atoms with Crippen molar-refractivity contribution in [3.8, 4) is 16.9 Å². The Hall–Kier alpha value is -3.83. The number of methoxy groups -OCH3 is 1. The van der Waals surface area contributed by atoms with Crippen molar-refractivity contribution in [3.05, 3.63) is 76.2 Å². The first-order valence-electron chi connectivity index (χ1n) is 14.6. The van der Waals surface area contributed by atoms with Gasteiger partial charge in [-0.15, -0.1) is 11.3 Å². The largest absolute Gasteiger partial charge is 0.496 e. The zero-order valence-corrected chi connectivity index (χ0v) is 27.3. The highest BCUT2D eigenvalue weighted by atomic mass is 35.5. The maximum Gasteiger partial charge on any atom is 0.410 e. The molecule has 0 bridgehead atoms. The number of hydrogen-bond donors (Lipinski definition) is 0. The molecule has 0 saturated heterocycles. The van der Waals surface area contributed by atoms with E-state index in [0.29, 0.717) is 31.4 Å². The lowest BCUT2D eigenvalue weighted by Gasteiger charge is -2.40. The van der Waals surface area contributed by atoms with Gasteiger partial charge in [-0.25, -0.2) is 23.5 Å². The van der Waals surface area contributed by atoms with E-state index < -0.39 is 29.2 Å². The number of ether oxygens (including phenoxy) is 2. The molecule has 2 aromatic carbocycles. The fourth-order valence-corrected chi connectivity index (χ4v) is 7.19. The predicted molar refractivity (Wildman–Crippen MR) is 171 cm³/mol. The Bertz CT molecular complexity index is 1700. The second-order valence-corrected chi connectivity index (χ2v) is 13.5. The third kappa shape index (κ3) is 7.04. The van der Waals surface area contributed by atoms with E-state index in [1.807, 2.05) is 39.0 Å². The van der Waals surface area contributed by atoms with Crippen molar-refractivity contribution in [2.75, 3.05) is 14.2 Å². The number of hydrogen-bond acceptors (Lipinski definition) is 7. The quantitative estimate of drug-likeness (QED) is 0.200. The van der Waals surface area contributed by atoms with Crippen LogP contribution in [0.3, 0.4) is 0 Å². The van der Waals surface area contributed by atoms with Gasteiger partial charge in [0, 0.05) is 49.2 Å². The second kappa shape index (κ2) is 13.3. The summed E-state index contributed by atoms with van der Waals surface area (Å²) in [5.41, 5.74) is 1.75. The third-order valence-corrected chi connectivity index (χ3v) is 9.66. The highest BCUT2D eigenvalue weighted by Crippen LogP contribution is 2.41. The minimum absolute atomic E-state index is 0.00495. The number of aromatic nitrogens is 2. The summed E-state index contributed by atoms with van der Waals surface area (Å²) >= 11 is 7.44. The molecule has 0 unspecified atom stereocenters. The van der Waals surface area contributed by atoms with Gasteiger partial charge < -0.3 is 19.3 Å². The number of halogens is 3. The van der Waals surface area contributed by atoms with Crippen LogP contribution in [0, 0.1) is 11.6 Å². The van der Waals surface area contributed by atoms with Crippen LogP contribution in [0.1, 0.15) is 61.7 Å². The zero-order chi connectivity index (χ0) is 32.5. The molecule has 1 aliphatic carbocycles. The van der Waals surface area contributed by atoms with Crippen LogP contribution in [0.5, 0.6) is 5.75 Å². The first kappa shape index (κ1) is 32.6. The van der Waals surface area contributed by atoms with Crippen molar-refractivity contribution in [1.29, 1.82) is 0 Å². The molecule has 2 heterocycles. The fourth-order valence-electron chi connectivity index (χ4n) is 5.69. The minimum atomic E-state index is -0.691. The number of thiophene rings is 1. The maximum absolute atomic E-state index is 14.8. The first-order chi connectivity index (χ1) is 21.4. The molecule has 1 saturated carbocycles. The molecule has 1 fully saturated rings. The molecule has 1 aliphatic rings. The molecule has 0 atom stereocenters. The van der Waals surface area contributed by atoms with Crippen LogP contribution in [0.15, 0.2) is 49.1 Å². The summed E-state index contributed by atoms with van der Waals surface area (Å²) in [7, 11) is 3.29. The summed E-state index contributed by atoms with van der Waals surface area (Å²) in [6.07, 6.45) is 6.89. The van der Waals surface area contributed by atoms with Crippen LogP contribution >= 0.6 is 22.9 Å². The van der Waals surface area contributed by atoms with Gasteiger partial charge in [0.2, 0.25) is 0 Å². The van der Waals surface area contributed by atoms with Crippen LogP contribution < -0.4 is 4.74 Å². The number of carbonyl (C=O) groups is 2. The predicted octanol–water partition coefficient (Wildman–Crippen LogP) is 8.12. The number of carbonyl (C=O) groups excluding carboxylic acids is 2. The highest BCUT2D eigenvalue weighted by Gasteiger charge is 2.35. The van der Waals surface area contributed by atoms with Crippen molar-refractivity contribution in [2.45, 2.75) is 70.7 Å². The van der Waals surface area contributed by atoms with Gasteiger partial charge in [0.15, 0.2) is 0 Å². The average molecular weight is 657 g/mol. The maximum atomic E-state index is 14.8. The van der Waals surface area contributed by atoms with Crippen LogP contribution in [0.2, 0.25) is 5.02 Å². The van der Waals surface area contributed by atoms with Gasteiger partial charge in [-0.3, -0.25) is 4.79 Å². The van der Waals surface area contributed by atoms with E-state index in [-0.39, 0.29) is 38.6 Å². The van der Waals surface area contributed by atoms with E-state index in [4.69, 9.17) is 21.1 Å². The van der Waals surface area contributed by atoms with E-state index >= 15 is 0 Å². The van der Waals surface area contributed by atoms with Gasteiger partial charge in [0.25, 0.3) is 5.91 Å². The standard InChI is InChI=1S/C33H35ClF2N4O4S/c1-33(2,3)44-32(42)39(4)22-7-9-23(10-8-22)40(31(41)30-28(34)27-24(35)11-12-25(36)29(27)45-30)17-20-14-19(6-13-26(20)43-5)21-15-37-18-38-16-21/h6,11-16,18,22-23H,7-10,17H2,1-5H3/t22-,23-. The first-order valence-corrected chi connectivity index (χ1v) is 15.8. The van der Waals surface area contributed by atoms with Crippen molar-refractivity contribution < 1.29 is 27.8 Å². The highest BCUT2D eigenvalue weighted by molar-refractivity contribution is 7.21. The summed E-state index contributed by atoms with van der Waals surface area (Å²) in [5, 5.41) is -0.209. The van der Waals surface area contributed by atoms with Gasteiger partial charge in [-0.05, 0) is 76.3 Å². The van der Waals surface area contributed by atoms with Gasteiger partial charge >= 0.3 is 6.09 Å². The topological polar surface area (TPSA) is 84.9 Å². The van der Waals surface area contributed by atoms with Gasteiger partial charge in [-0.2, -0.15) is 0 Å². The number of rotatable bonds is 7. The Morgan fingerprint density at radius 3 is 2.27 bits per heavy atom. The van der Waals surface area contributed by atoms with Gasteiger partial charge in [0.05, 0.1) is 22.2 Å². The molecular weight excluding hydrogens is 622 g/mol. The zero-order valence-electron chi connectivity index (χ0n) is 25.8. The lowest BCUT2D eigenvalue weighted by molar-refractivity contribution is 0.0144. The van der Waals surface area contributed by atoms with Gasteiger partial charge in [-0.1, -0.05) is 17.7 Å². The number of nitrogens with zero attached hydrogens (tertiary/aromatic N) is 4. The average Bonchev–Trinajstić information content (AvgIpc) is 3.38. The lowest BCUT2D eigenvalue weighted by atomic mass is 9.89. The van der Waals surface area contributed by atoms with E-state index in [1.165, 1.54) is 6.33 Å². The Morgan fingerprint density at radius 1 is 1.00 bits per heavy atom. The van der Waals surface area contributed by atoms with E-state index in [1.54, 1.807) is 36.4 Å². The molecule has 0 radical (unpaired) electrons. The molecule has 5 rings (SSSR count). The Kier molecular flexibility index (Phi) is 9.60. The molecule has 0 spiro atoms. The van der Waals surface area contributed by atoms with E-state index in [2.05, 4.69) is 9.97 Å². The minimum Gasteiger partial charge on any atom is -0.496 e. The molecule has 238 valence electrons. The molecule has 2 aromatic heterocycles. The van der Waals surface area contributed by atoms with E-state index in [0.717, 1.165) is 40.2 Å². The summed E-state index contributed by atoms with van der Waals surface area (Å²) in [4.78, 5) is 38.7. The van der Waals surface area contributed by atoms with Crippen LogP contribution in [0.25, 0.3) is 21.2 Å². The third-order valence-electron chi connectivity index (χ3n) is 7.99. The molecule has 0 N–H and O–H groups in total. The van der Waals surface area contributed by atoms with E-state index in [9.17, 15) is 18.4 Å². The fraction of sp³-hybridized carbons (Fsp3) is 0.394. The number of amides is 2. The molecule has 0 aliphatic heterocycles. The molecule has 2 amide bonds.